The van der Waals surface area contributed by atoms with Crippen molar-refractivity contribution in [2.24, 2.45) is 0 Å². The Balaban J connectivity index is 1.14. The van der Waals surface area contributed by atoms with Gasteiger partial charge in [0.25, 0.3) is 0 Å². The van der Waals surface area contributed by atoms with Crippen molar-refractivity contribution in [1.82, 2.24) is 19.1 Å². The highest BCUT2D eigenvalue weighted by Crippen LogP contribution is 2.42. The molecule has 0 unspecified atom stereocenters. The van der Waals surface area contributed by atoms with E-state index in [9.17, 15) is 0 Å². The first-order chi connectivity index (χ1) is 28.3. The van der Waals surface area contributed by atoms with Gasteiger partial charge in [-0.25, -0.2) is 9.97 Å². The second kappa shape index (κ2) is 11.6. The highest BCUT2D eigenvalue weighted by molar-refractivity contribution is 7.25. The minimum absolute atomic E-state index is 0.653. The van der Waals surface area contributed by atoms with Crippen LogP contribution in [0, 0.1) is 0 Å². The van der Waals surface area contributed by atoms with Crippen LogP contribution in [0.5, 0.6) is 0 Å². The Morgan fingerprint density at radius 2 is 1.05 bits per heavy atom. The molecular weight excluding hydrogens is 713 g/mol. The highest BCUT2D eigenvalue weighted by Gasteiger charge is 2.22. The third-order valence-corrected chi connectivity index (χ3v) is 13.0. The van der Waals surface area contributed by atoms with Gasteiger partial charge in [0.2, 0.25) is 5.95 Å². The molecule has 0 atom stereocenters. The van der Waals surface area contributed by atoms with E-state index in [1.165, 1.54) is 74.3 Å². The topological polar surface area (TPSA) is 35.6 Å². The Labute approximate surface area is 330 Å². The second-order valence-electron chi connectivity index (χ2n) is 15.0. The van der Waals surface area contributed by atoms with Crippen LogP contribution in [-0.2, 0) is 0 Å². The number of aromatic nitrogens is 4. The van der Waals surface area contributed by atoms with Crippen molar-refractivity contribution in [3.05, 3.63) is 182 Å². The molecule has 0 spiro atoms. The fourth-order valence-corrected chi connectivity index (χ4v) is 10.5. The molecule has 0 aliphatic rings. The third-order valence-electron chi connectivity index (χ3n) is 11.9. The lowest BCUT2D eigenvalue weighted by Gasteiger charge is -2.13. The molecule has 0 N–H and O–H groups in total. The van der Waals surface area contributed by atoms with E-state index in [-0.39, 0.29) is 0 Å². The maximum atomic E-state index is 5.54. The van der Waals surface area contributed by atoms with Crippen LogP contribution < -0.4 is 0 Å². The van der Waals surface area contributed by atoms with Gasteiger partial charge in [-0.05, 0) is 58.6 Å². The first-order valence-electron chi connectivity index (χ1n) is 19.3. The number of rotatable bonds is 3. The molecule has 57 heavy (non-hydrogen) atoms. The van der Waals surface area contributed by atoms with Crippen molar-refractivity contribution in [2.75, 3.05) is 0 Å². The average Bonchev–Trinajstić information content (AvgIpc) is 3.93. The Bertz CT molecular complexity index is 3830. The largest absolute Gasteiger partial charge is 0.309 e. The van der Waals surface area contributed by atoms with E-state index in [0.29, 0.717) is 5.95 Å². The van der Waals surface area contributed by atoms with Gasteiger partial charge in [0.1, 0.15) is 0 Å². The van der Waals surface area contributed by atoms with Crippen LogP contribution in [0.25, 0.3) is 119 Å². The number of fused-ring (bicyclic) bond motifs is 14. The first kappa shape index (κ1) is 30.9. The summed E-state index contributed by atoms with van der Waals surface area (Å²) in [6.45, 7) is 0. The molecule has 4 aromatic heterocycles. The van der Waals surface area contributed by atoms with E-state index in [1.807, 2.05) is 11.3 Å². The highest BCUT2D eigenvalue weighted by atomic mass is 32.1. The molecule has 13 rings (SSSR count). The summed E-state index contributed by atoms with van der Waals surface area (Å²) in [6, 6.07) is 66.0. The van der Waals surface area contributed by atoms with Gasteiger partial charge in [-0.2, -0.15) is 0 Å². The first-order valence-corrected chi connectivity index (χ1v) is 20.1. The van der Waals surface area contributed by atoms with Crippen LogP contribution in [-0.4, -0.2) is 19.1 Å². The summed E-state index contributed by atoms with van der Waals surface area (Å²) >= 11 is 1.83. The van der Waals surface area contributed by atoms with E-state index in [4.69, 9.17) is 9.97 Å². The van der Waals surface area contributed by atoms with Gasteiger partial charge in [0.15, 0.2) is 0 Å². The lowest BCUT2D eigenvalue weighted by atomic mass is 10.0. The van der Waals surface area contributed by atoms with Crippen LogP contribution in [0.2, 0.25) is 0 Å². The van der Waals surface area contributed by atoms with Crippen LogP contribution in [0.15, 0.2) is 182 Å². The van der Waals surface area contributed by atoms with Crippen molar-refractivity contribution in [3.8, 4) is 22.9 Å². The molecule has 0 amide bonds. The van der Waals surface area contributed by atoms with Crippen molar-refractivity contribution in [1.29, 1.82) is 0 Å². The molecule has 0 saturated heterocycles. The number of hydrogen-bond donors (Lipinski definition) is 0. The molecule has 4 nitrogen and oxygen atoms in total. The maximum absolute atomic E-state index is 5.54. The molecule has 4 heterocycles. The zero-order valence-electron chi connectivity index (χ0n) is 30.5. The molecule has 0 bridgehead atoms. The zero-order chi connectivity index (χ0) is 37.2. The fraction of sp³-hybridized carbons (Fsp3) is 0. The van der Waals surface area contributed by atoms with Gasteiger partial charge in [-0.15, -0.1) is 11.3 Å². The molecule has 0 aliphatic heterocycles. The predicted molar refractivity (Wildman–Crippen MR) is 242 cm³/mol. The van der Waals surface area contributed by atoms with E-state index in [2.05, 4.69) is 191 Å². The van der Waals surface area contributed by atoms with E-state index in [1.54, 1.807) is 0 Å². The monoisotopic (exact) mass is 742 g/mol. The summed E-state index contributed by atoms with van der Waals surface area (Å²) in [7, 11) is 0. The zero-order valence-corrected chi connectivity index (χ0v) is 31.3. The van der Waals surface area contributed by atoms with Crippen molar-refractivity contribution >= 4 is 108 Å². The second-order valence-corrected chi connectivity index (χ2v) is 16.0. The lowest BCUT2D eigenvalue weighted by molar-refractivity contribution is 1.01. The number of hydrogen-bond acceptors (Lipinski definition) is 3. The molecule has 264 valence electrons. The number of nitrogens with zero attached hydrogens (tertiary/aromatic N) is 4. The summed E-state index contributed by atoms with van der Waals surface area (Å²) in [5, 5.41) is 13.3. The van der Waals surface area contributed by atoms with Gasteiger partial charge >= 0.3 is 0 Å². The Morgan fingerprint density at radius 3 is 1.95 bits per heavy atom. The van der Waals surface area contributed by atoms with E-state index >= 15 is 0 Å². The minimum atomic E-state index is 0.653. The van der Waals surface area contributed by atoms with Gasteiger partial charge < -0.3 is 4.57 Å². The van der Waals surface area contributed by atoms with Crippen LogP contribution in [0.3, 0.4) is 0 Å². The average molecular weight is 743 g/mol. The number of benzene rings is 9. The summed E-state index contributed by atoms with van der Waals surface area (Å²) in [5.74, 6) is 0.653. The molecule has 0 aliphatic carbocycles. The Morgan fingerprint density at radius 1 is 0.386 bits per heavy atom. The summed E-state index contributed by atoms with van der Waals surface area (Å²) in [5.41, 5.74) is 8.54. The summed E-state index contributed by atoms with van der Waals surface area (Å²) in [6.07, 6.45) is 0. The molecule has 13 aromatic rings. The normalized spacial score (nSPS) is 12.2. The number of thiophene rings is 1. The minimum Gasteiger partial charge on any atom is -0.309 e. The van der Waals surface area contributed by atoms with Crippen LogP contribution in [0.1, 0.15) is 0 Å². The predicted octanol–water partition coefficient (Wildman–Crippen LogP) is 14.2. The van der Waals surface area contributed by atoms with Crippen LogP contribution in [0.4, 0.5) is 0 Å². The van der Waals surface area contributed by atoms with Crippen LogP contribution >= 0.6 is 11.3 Å². The molecule has 0 radical (unpaired) electrons. The van der Waals surface area contributed by atoms with Crippen molar-refractivity contribution < 1.29 is 0 Å². The lowest BCUT2D eigenvalue weighted by Crippen LogP contribution is -2.04. The Hall–Kier alpha value is -7.34. The molecule has 0 fully saturated rings. The summed E-state index contributed by atoms with van der Waals surface area (Å²) in [4.78, 5) is 10.9. The standard InChI is InChI=1S/C52H30N4S/c1-3-13-35-31(11-1)23-28-45-49(35)42-27-24-34(55-44-19-9-6-15-37(44)40-26-21-32-12-2-4-14-36(32)51(40)55)30-46(42)56(45)52-53-43-18-8-5-17-41(43)50(54-52)33-22-25-39-38-16-7-10-20-47(38)57-48(39)29-33/h1-30H. The Kier molecular flexibility index (Phi) is 6.29. The van der Waals surface area contributed by atoms with Gasteiger partial charge in [0, 0.05) is 63.7 Å². The van der Waals surface area contributed by atoms with Crippen molar-refractivity contribution in [3.63, 3.8) is 0 Å². The number of para-hydroxylation sites is 2. The SMILES string of the molecule is c1ccc2c(c1)ccc1c2c2ccc(-n3c4ccccc4c4ccc5ccccc5c43)cc2n1-c1nc(-c2ccc3c(c2)sc2ccccc23)c2ccccc2n1. The quantitative estimate of drug-likeness (QED) is 0.181. The van der Waals surface area contributed by atoms with Gasteiger partial charge in [0.05, 0.1) is 33.3 Å². The summed E-state index contributed by atoms with van der Waals surface area (Å²) < 4.78 is 7.28. The third kappa shape index (κ3) is 4.37. The maximum Gasteiger partial charge on any atom is 0.235 e. The van der Waals surface area contributed by atoms with Gasteiger partial charge in [-0.3, -0.25) is 4.57 Å². The molecule has 9 aromatic carbocycles. The molecule has 0 saturated carbocycles. The van der Waals surface area contributed by atoms with Gasteiger partial charge in [-0.1, -0.05) is 140 Å². The van der Waals surface area contributed by atoms with E-state index in [0.717, 1.165) is 38.9 Å². The van der Waals surface area contributed by atoms with E-state index < -0.39 is 0 Å². The smallest absolute Gasteiger partial charge is 0.235 e. The fourth-order valence-electron chi connectivity index (χ4n) is 9.39. The molecular formula is C52H30N4S. The van der Waals surface area contributed by atoms with Crippen molar-refractivity contribution in [2.45, 2.75) is 0 Å². The molecule has 5 heteroatoms.